The van der Waals surface area contributed by atoms with Crippen LogP contribution in [0.2, 0.25) is 10.0 Å². The Balaban J connectivity index is 1.73. The van der Waals surface area contributed by atoms with Gasteiger partial charge in [0, 0.05) is 12.4 Å². The van der Waals surface area contributed by atoms with E-state index in [1.807, 2.05) is 0 Å². The highest BCUT2D eigenvalue weighted by atomic mass is 35.5. The van der Waals surface area contributed by atoms with Gasteiger partial charge in [-0.1, -0.05) is 29.3 Å². The van der Waals surface area contributed by atoms with Gasteiger partial charge in [-0.3, -0.25) is 24.2 Å². The van der Waals surface area contributed by atoms with Crippen LogP contribution in [0.1, 0.15) is 31.8 Å². The quantitative estimate of drug-likeness (QED) is 0.469. The van der Waals surface area contributed by atoms with Crippen molar-refractivity contribution in [1.29, 1.82) is 0 Å². The van der Waals surface area contributed by atoms with E-state index in [4.69, 9.17) is 23.2 Å². The first kappa shape index (κ1) is 24.0. The average Bonchev–Trinajstić information content (AvgIpc) is 3.01. The average molecular weight is 530 g/mol. The van der Waals surface area contributed by atoms with Crippen LogP contribution >= 0.6 is 23.2 Å². The summed E-state index contributed by atoms with van der Waals surface area (Å²) in [7, 11) is -4.61. The maximum absolute atomic E-state index is 13.2. The topological polar surface area (TPSA) is 96.4 Å². The molecule has 3 aromatic rings. The number of pyridine rings is 1. The van der Waals surface area contributed by atoms with E-state index < -0.39 is 43.5 Å². The molecule has 0 unspecified atom stereocenters. The Hall–Kier alpha value is -3.15. The molecule has 13 heteroatoms. The number of carbonyl (C=O) groups excluding carboxylic acids is 2. The number of aromatic nitrogens is 1. The molecule has 0 saturated heterocycles. The predicted molar refractivity (Wildman–Crippen MR) is 117 cm³/mol. The molecule has 0 atom stereocenters. The summed E-state index contributed by atoms with van der Waals surface area (Å²) in [6.45, 7) is -0.144. The van der Waals surface area contributed by atoms with Gasteiger partial charge in [0.2, 0.25) is 0 Å². The highest BCUT2D eigenvalue weighted by Gasteiger charge is 2.40. The highest BCUT2D eigenvalue weighted by Crippen LogP contribution is 2.38. The van der Waals surface area contributed by atoms with E-state index in [1.54, 1.807) is 12.1 Å². The molecular weight excluding hydrogens is 518 g/mol. The van der Waals surface area contributed by atoms with E-state index >= 15 is 0 Å². The Morgan fingerprint density at radius 2 is 1.65 bits per heavy atom. The summed E-state index contributed by atoms with van der Waals surface area (Å²) < 4.78 is 67.4. The Labute approximate surface area is 201 Å². The van der Waals surface area contributed by atoms with Gasteiger partial charge in [-0.15, -0.1) is 0 Å². The maximum Gasteiger partial charge on any atom is 0.417 e. The first-order valence-corrected chi connectivity index (χ1v) is 11.6. The van der Waals surface area contributed by atoms with Gasteiger partial charge < -0.3 is 0 Å². The van der Waals surface area contributed by atoms with Crippen molar-refractivity contribution in [2.75, 3.05) is 4.72 Å². The van der Waals surface area contributed by atoms with Gasteiger partial charge in [0.15, 0.2) is 0 Å². The molecule has 0 bridgehead atoms. The summed E-state index contributed by atoms with van der Waals surface area (Å²) in [5, 5.41) is -0.763. The third-order valence-electron chi connectivity index (χ3n) is 4.93. The zero-order valence-electron chi connectivity index (χ0n) is 16.7. The van der Waals surface area contributed by atoms with Gasteiger partial charge in [0.25, 0.3) is 21.8 Å². The normalized spacial score (nSPS) is 13.9. The fourth-order valence-electron chi connectivity index (χ4n) is 3.37. The van der Waals surface area contributed by atoms with Gasteiger partial charge in [-0.05, 0) is 42.0 Å². The van der Waals surface area contributed by atoms with Crippen LogP contribution in [0.25, 0.3) is 0 Å². The SMILES string of the molecule is O=C1c2c(Cl)ccc(NS(=O)(=O)c3ccc(Cl)c(C(F)(F)F)c3)c2C(=O)N1Cc1cccnc1. The number of halogens is 5. The van der Waals surface area contributed by atoms with Crippen LogP contribution in [0.15, 0.2) is 59.8 Å². The summed E-state index contributed by atoms with van der Waals surface area (Å²) in [6.07, 6.45) is -1.93. The summed E-state index contributed by atoms with van der Waals surface area (Å²) in [4.78, 5) is 30.0. The zero-order chi connectivity index (χ0) is 24.8. The molecule has 34 heavy (non-hydrogen) atoms. The number of nitrogens with one attached hydrogen (secondary N) is 1. The fraction of sp³-hybridized carbons (Fsp3) is 0.0952. The molecule has 176 valence electrons. The number of carbonyl (C=O) groups is 2. The molecule has 0 spiro atoms. The van der Waals surface area contributed by atoms with Crippen molar-refractivity contribution in [3.8, 4) is 0 Å². The minimum atomic E-state index is -4.89. The number of amides is 2. The Kier molecular flexibility index (Phi) is 6.05. The molecule has 2 aromatic carbocycles. The zero-order valence-corrected chi connectivity index (χ0v) is 19.1. The molecule has 2 heterocycles. The largest absolute Gasteiger partial charge is 0.417 e. The van der Waals surface area contributed by atoms with E-state index in [9.17, 15) is 31.2 Å². The molecule has 4 rings (SSSR count). The number of benzene rings is 2. The van der Waals surface area contributed by atoms with Gasteiger partial charge in [-0.25, -0.2) is 8.42 Å². The van der Waals surface area contributed by atoms with Crippen molar-refractivity contribution in [3.63, 3.8) is 0 Å². The summed E-state index contributed by atoms with van der Waals surface area (Å²) >= 11 is 11.7. The Bertz CT molecular complexity index is 1430. The van der Waals surface area contributed by atoms with Crippen molar-refractivity contribution in [2.45, 2.75) is 17.6 Å². The minimum absolute atomic E-state index is 0.0872. The summed E-state index contributed by atoms with van der Waals surface area (Å²) in [6, 6.07) is 7.68. The second-order valence-electron chi connectivity index (χ2n) is 7.15. The van der Waals surface area contributed by atoms with Crippen LogP contribution in [0.3, 0.4) is 0 Å². The van der Waals surface area contributed by atoms with Crippen molar-refractivity contribution < 1.29 is 31.2 Å². The molecule has 7 nitrogen and oxygen atoms in total. The molecule has 0 fully saturated rings. The van der Waals surface area contributed by atoms with Gasteiger partial charge in [0.1, 0.15) is 0 Å². The standard InChI is InChI=1S/C21H12Cl2F3N3O4S/c22-14-4-3-12(8-13(14)21(24,25)26)34(32,33)28-16-6-5-15(23)17-18(16)20(31)29(19(17)30)10-11-2-1-7-27-9-11/h1-9,28H,10H2. The number of rotatable bonds is 5. The second-order valence-corrected chi connectivity index (χ2v) is 9.64. The summed E-state index contributed by atoms with van der Waals surface area (Å²) in [5.74, 6) is -1.57. The number of sulfonamides is 1. The smallest absolute Gasteiger partial charge is 0.279 e. The molecule has 1 aliphatic rings. The number of imide groups is 1. The van der Waals surface area contributed by atoms with Gasteiger partial charge in [-0.2, -0.15) is 13.2 Å². The highest BCUT2D eigenvalue weighted by molar-refractivity contribution is 7.92. The number of anilines is 1. The predicted octanol–water partition coefficient (Wildman–Crippen LogP) is 5.00. The molecule has 2 amide bonds. The lowest BCUT2D eigenvalue weighted by atomic mass is 10.1. The summed E-state index contributed by atoms with van der Waals surface area (Å²) in [5.41, 5.74) is -1.64. The van der Waals surface area contributed by atoms with Crippen molar-refractivity contribution >= 4 is 50.7 Å². The number of alkyl halides is 3. The lowest BCUT2D eigenvalue weighted by Gasteiger charge is -2.15. The molecule has 0 saturated carbocycles. The van der Waals surface area contributed by atoms with Crippen LogP contribution in [0.5, 0.6) is 0 Å². The number of hydrogen-bond acceptors (Lipinski definition) is 5. The monoisotopic (exact) mass is 529 g/mol. The van der Waals surface area contributed by atoms with E-state index in [0.29, 0.717) is 11.6 Å². The van der Waals surface area contributed by atoms with Crippen LogP contribution < -0.4 is 4.72 Å². The maximum atomic E-state index is 13.2. The first-order chi connectivity index (χ1) is 15.9. The van der Waals surface area contributed by atoms with E-state index in [2.05, 4.69) is 9.71 Å². The van der Waals surface area contributed by atoms with Crippen molar-refractivity contribution in [2.24, 2.45) is 0 Å². The molecular formula is C21H12Cl2F3N3O4S. The lowest BCUT2D eigenvalue weighted by molar-refractivity contribution is -0.137. The second kappa shape index (κ2) is 8.57. The molecule has 0 aliphatic carbocycles. The van der Waals surface area contributed by atoms with E-state index in [-0.39, 0.29) is 28.4 Å². The Morgan fingerprint density at radius 3 is 2.29 bits per heavy atom. The van der Waals surface area contributed by atoms with E-state index in [1.165, 1.54) is 18.5 Å². The van der Waals surface area contributed by atoms with Gasteiger partial charge in [0.05, 0.1) is 43.9 Å². The van der Waals surface area contributed by atoms with Crippen LogP contribution in [0, 0.1) is 0 Å². The molecule has 1 N–H and O–H groups in total. The first-order valence-electron chi connectivity index (χ1n) is 9.37. The lowest BCUT2D eigenvalue weighted by Crippen LogP contribution is -2.29. The van der Waals surface area contributed by atoms with Crippen molar-refractivity contribution in [1.82, 2.24) is 9.88 Å². The third-order valence-corrected chi connectivity index (χ3v) is 6.94. The van der Waals surface area contributed by atoms with Crippen molar-refractivity contribution in [3.05, 3.63) is 87.2 Å². The van der Waals surface area contributed by atoms with Crippen LogP contribution in [-0.2, 0) is 22.7 Å². The number of nitrogens with zero attached hydrogens (tertiary/aromatic N) is 2. The molecule has 0 radical (unpaired) electrons. The van der Waals surface area contributed by atoms with Gasteiger partial charge >= 0.3 is 6.18 Å². The molecule has 1 aliphatic heterocycles. The van der Waals surface area contributed by atoms with E-state index in [0.717, 1.165) is 23.1 Å². The number of fused-ring (bicyclic) bond motifs is 1. The minimum Gasteiger partial charge on any atom is -0.279 e. The third kappa shape index (κ3) is 4.33. The number of hydrogen-bond donors (Lipinski definition) is 1. The molecule has 1 aromatic heterocycles. The van der Waals surface area contributed by atoms with Crippen LogP contribution in [-0.4, -0.2) is 30.1 Å². The fourth-order valence-corrected chi connectivity index (χ4v) is 4.93. The Morgan fingerprint density at radius 1 is 0.971 bits per heavy atom. The van der Waals surface area contributed by atoms with Crippen LogP contribution in [0.4, 0.5) is 18.9 Å².